The summed E-state index contributed by atoms with van der Waals surface area (Å²) in [5.74, 6) is 0. The molecule has 0 rings (SSSR count). The molecular weight excluding hydrogens is 423 g/mol. The Bertz CT molecular complexity index is 442. The van der Waals surface area contributed by atoms with Crippen LogP contribution in [0.1, 0.15) is 142 Å². The maximum absolute atomic E-state index is 11.5. The van der Waals surface area contributed by atoms with Gasteiger partial charge in [0.05, 0.1) is 16.2 Å². The van der Waals surface area contributed by atoms with Crippen LogP contribution in [-0.2, 0) is 10.1 Å². The van der Waals surface area contributed by atoms with Crippen LogP contribution >= 0.6 is 0 Å². The molecule has 0 saturated heterocycles. The predicted octanol–water partition coefficient (Wildman–Crippen LogP) is 4.11. The molecule has 0 spiro atoms. The van der Waals surface area contributed by atoms with Gasteiger partial charge in [-0.05, 0) is 32.1 Å². The quantitative estimate of drug-likeness (QED) is 0.146. The van der Waals surface area contributed by atoms with Gasteiger partial charge in [0.1, 0.15) is 0 Å². The molecule has 30 heavy (non-hydrogen) atoms. The zero-order valence-corrected chi connectivity index (χ0v) is 24.3. The second kappa shape index (κ2) is 23.7. The van der Waals surface area contributed by atoms with Gasteiger partial charge in [-0.25, -0.2) is 8.42 Å². The molecule has 0 amide bonds. The van der Waals surface area contributed by atoms with Crippen LogP contribution in [0.5, 0.6) is 0 Å². The first-order valence-electron chi connectivity index (χ1n) is 12.5. The van der Waals surface area contributed by atoms with Crippen LogP contribution in [0.4, 0.5) is 0 Å². The minimum atomic E-state index is -4.23. The van der Waals surface area contributed by atoms with E-state index in [0.717, 1.165) is 38.5 Å². The van der Waals surface area contributed by atoms with E-state index in [9.17, 15) is 18.1 Å². The Balaban J connectivity index is 0. The van der Waals surface area contributed by atoms with Crippen LogP contribution < -0.4 is 51.4 Å². The molecule has 0 aromatic heterocycles. The number of aliphatic hydroxyl groups excluding tert-OH is 1. The molecular formula is C24H49KO4S. The Kier molecular flexibility index (Phi) is 26.6. The normalized spacial score (nSPS) is 13.7. The maximum Gasteiger partial charge on any atom is 1.00 e. The van der Waals surface area contributed by atoms with E-state index in [-0.39, 0.29) is 57.5 Å². The summed E-state index contributed by atoms with van der Waals surface area (Å²) in [5.41, 5.74) is 0. The number of hydrogen-bond acceptors (Lipinski definition) is 4. The van der Waals surface area contributed by atoms with Crippen LogP contribution in [0.15, 0.2) is 0 Å². The number of aliphatic hydroxyl groups is 1. The van der Waals surface area contributed by atoms with Gasteiger partial charge in [-0.1, -0.05) is 110 Å². The summed E-state index contributed by atoms with van der Waals surface area (Å²) < 4.78 is 34.5. The van der Waals surface area contributed by atoms with E-state index in [2.05, 4.69) is 13.8 Å². The molecule has 0 aliphatic heterocycles. The fraction of sp³-hybridized carbons (Fsp3) is 1.00. The van der Waals surface area contributed by atoms with Gasteiger partial charge in [0.15, 0.2) is 0 Å². The predicted molar refractivity (Wildman–Crippen MR) is 123 cm³/mol. The van der Waals surface area contributed by atoms with Crippen molar-refractivity contribution in [2.75, 3.05) is 0 Å². The van der Waals surface area contributed by atoms with Crippen LogP contribution in [-0.4, -0.2) is 29.4 Å². The van der Waals surface area contributed by atoms with Crippen molar-refractivity contribution in [3.63, 3.8) is 0 Å². The second-order valence-electron chi connectivity index (χ2n) is 8.87. The van der Waals surface area contributed by atoms with E-state index in [1.165, 1.54) is 64.2 Å². The van der Waals surface area contributed by atoms with Gasteiger partial charge in [0, 0.05) is 5.25 Å². The Labute approximate surface area is 230 Å². The maximum atomic E-state index is 11.5. The second-order valence-corrected chi connectivity index (χ2v) is 10.5. The standard InChI is InChI=1S/C24H50O4S.K/c1-3-5-7-8-9-10-11-12-13-14-15-16-17-21-24(29(26,27)28)22-18-20-23(25)19-6-4-2;/h23-25H,3-22H2,1-2H3,(H,26,27,28);/q;+1/p-1. The summed E-state index contributed by atoms with van der Waals surface area (Å²) in [6, 6.07) is 0. The Morgan fingerprint density at radius 3 is 1.40 bits per heavy atom. The fourth-order valence-corrected chi connectivity index (χ4v) is 4.90. The van der Waals surface area contributed by atoms with Crippen molar-refractivity contribution in [2.24, 2.45) is 0 Å². The van der Waals surface area contributed by atoms with E-state index in [1.54, 1.807) is 0 Å². The Hall–Kier alpha value is 1.51. The van der Waals surface area contributed by atoms with Crippen molar-refractivity contribution in [1.82, 2.24) is 0 Å². The molecule has 0 aliphatic rings. The summed E-state index contributed by atoms with van der Waals surface area (Å²) in [4.78, 5) is 0. The van der Waals surface area contributed by atoms with Gasteiger partial charge in [-0.15, -0.1) is 0 Å². The smallest absolute Gasteiger partial charge is 0.748 e. The van der Waals surface area contributed by atoms with Crippen LogP contribution in [0, 0.1) is 0 Å². The largest absolute Gasteiger partial charge is 1.00 e. The van der Waals surface area contributed by atoms with Crippen molar-refractivity contribution < 1.29 is 69.5 Å². The zero-order valence-electron chi connectivity index (χ0n) is 20.4. The third-order valence-electron chi connectivity index (χ3n) is 5.99. The molecule has 0 radical (unpaired) electrons. The van der Waals surface area contributed by atoms with Crippen molar-refractivity contribution in [3.8, 4) is 0 Å². The zero-order chi connectivity index (χ0) is 21.8. The SMILES string of the molecule is CCCCCCCCCCCCCCCC(CCCC(O)CCCC)S(=O)(=O)[O-].[K+]. The molecule has 6 heteroatoms. The fourth-order valence-electron chi connectivity index (χ4n) is 3.99. The monoisotopic (exact) mass is 472 g/mol. The first-order chi connectivity index (χ1) is 13.9. The molecule has 0 bridgehead atoms. The third-order valence-corrected chi connectivity index (χ3v) is 7.28. The summed E-state index contributed by atoms with van der Waals surface area (Å²) in [6.07, 6.45) is 20.8. The third kappa shape index (κ3) is 22.7. The van der Waals surface area contributed by atoms with Crippen molar-refractivity contribution >= 4 is 10.1 Å². The van der Waals surface area contributed by atoms with Crippen molar-refractivity contribution in [2.45, 2.75) is 154 Å². The average molecular weight is 473 g/mol. The molecule has 2 atom stereocenters. The number of rotatable bonds is 22. The average Bonchev–Trinajstić information content (AvgIpc) is 2.67. The molecule has 0 aromatic rings. The first-order valence-corrected chi connectivity index (χ1v) is 14.0. The van der Waals surface area contributed by atoms with E-state index < -0.39 is 15.4 Å². The number of unbranched alkanes of at least 4 members (excludes halogenated alkanes) is 13. The summed E-state index contributed by atoms with van der Waals surface area (Å²) >= 11 is 0. The molecule has 0 aromatic carbocycles. The van der Waals surface area contributed by atoms with Gasteiger partial charge in [-0.2, -0.15) is 0 Å². The van der Waals surface area contributed by atoms with Gasteiger partial charge in [0.2, 0.25) is 0 Å². The van der Waals surface area contributed by atoms with E-state index in [1.807, 2.05) is 0 Å². The molecule has 0 fully saturated rings. The molecule has 1 N–H and O–H groups in total. The summed E-state index contributed by atoms with van der Waals surface area (Å²) in [6.45, 7) is 4.34. The molecule has 0 aliphatic carbocycles. The topological polar surface area (TPSA) is 77.4 Å². The van der Waals surface area contributed by atoms with Gasteiger partial charge in [-0.3, -0.25) is 0 Å². The van der Waals surface area contributed by atoms with E-state index >= 15 is 0 Å². The van der Waals surface area contributed by atoms with E-state index in [4.69, 9.17) is 0 Å². The molecule has 176 valence electrons. The Morgan fingerprint density at radius 1 is 0.600 bits per heavy atom. The Morgan fingerprint density at radius 2 is 0.967 bits per heavy atom. The van der Waals surface area contributed by atoms with Gasteiger partial charge >= 0.3 is 51.4 Å². The molecule has 0 heterocycles. The summed E-state index contributed by atoms with van der Waals surface area (Å²) in [7, 11) is -4.23. The van der Waals surface area contributed by atoms with Crippen LogP contribution in [0.25, 0.3) is 0 Å². The van der Waals surface area contributed by atoms with Crippen molar-refractivity contribution in [1.29, 1.82) is 0 Å². The van der Waals surface area contributed by atoms with Gasteiger partial charge < -0.3 is 9.66 Å². The minimum Gasteiger partial charge on any atom is -0.748 e. The molecule has 4 nitrogen and oxygen atoms in total. The number of hydrogen-bond donors (Lipinski definition) is 1. The van der Waals surface area contributed by atoms with Crippen LogP contribution in [0.2, 0.25) is 0 Å². The minimum absolute atomic E-state index is 0. The van der Waals surface area contributed by atoms with Gasteiger partial charge in [0.25, 0.3) is 0 Å². The molecule has 2 unspecified atom stereocenters. The van der Waals surface area contributed by atoms with E-state index in [0.29, 0.717) is 25.7 Å². The van der Waals surface area contributed by atoms with Crippen LogP contribution in [0.3, 0.4) is 0 Å². The first kappa shape index (κ1) is 33.7. The molecule has 0 saturated carbocycles. The van der Waals surface area contributed by atoms with Crippen molar-refractivity contribution in [3.05, 3.63) is 0 Å². The summed E-state index contributed by atoms with van der Waals surface area (Å²) in [5, 5.41) is 9.10.